The fourth-order valence-corrected chi connectivity index (χ4v) is 4.21. The molecular formula is C26H26N4O2S. The van der Waals surface area contributed by atoms with Crippen LogP contribution in [-0.2, 0) is 17.9 Å². The molecule has 3 aromatic carbocycles. The lowest BCUT2D eigenvalue weighted by atomic mass is 10.2. The monoisotopic (exact) mass is 458 g/mol. The van der Waals surface area contributed by atoms with E-state index in [2.05, 4.69) is 15.5 Å². The van der Waals surface area contributed by atoms with Crippen molar-refractivity contribution in [1.29, 1.82) is 0 Å². The summed E-state index contributed by atoms with van der Waals surface area (Å²) in [5.41, 5.74) is 2.84. The van der Waals surface area contributed by atoms with Crippen LogP contribution in [0.1, 0.15) is 19.4 Å². The highest BCUT2D eigenvalue weighted by molar-refractivity contribution is 8.00. The van der Waals surface area contributed by atoms with Crippen molar-refractivity contribution in [3.8, 4) is 17.1 Å². The maximum Gasteiger partial charge on any atom is 0.237 e. The van der Waals surface area contributed by atoms with Gasteiger partial charge in [0.15, 0.2) is 11.0 Å². The molecule has 7 heteroatoms. The smallest absolute Gasteiger partial charge is 0.237 e. The van der Waals surface area contributed by atoms with Crippen molar-refractivity contribution in [2.75, 3.05) is 5.32 Å². The fraction of sp³-hybridized carbons (Fsp3) is 0.192. The van der Waals surface area contributed by atoms with Crippen molar-refractivity contribution in [3.05, 3.63) is 90.5 Å². The number of hydrogen-bond donors (Lipinski definition) is 1. The third-order valence-electron chi connectivity index (χ3n) is 5.09. The first-order chi connectivity index (χ1) is 16.1. The number of carbonyl (C=O) groups excluding carboxylic acids is 1. The highest BCUT2D eigenvalue weighted by Crippen LogP contribution is 2.27. The summed E-state index contributed by atoms with van der Waals surface area (Å²) in [4.78, 5) is 12.8. The number of aromatic nitrogens is 3. The summed E-state index contributed by atoms with van der Waals surface area (Å²) in [6.45, 7) is 5.14. The van der Waals surface area contributed by atoms with Crippen LogP contribution in [0.4, 0.5) is 5.69 Å². The van der Waals surface area contributed by atoms with Gasteiger partial charge in [-0.05, 0) is 43.7 Å². The van der Waals surface area contributed by atoms with E-state index in [1.54, 1.807) is 0 Å². The minimum Gasteiger partial charge on any atom is -0.489 e. The van der Waals surface area contributed by atoms with Crippen molar-refractivity contribution in [2.45, 2.75) is 37.4 Å². The molecule has 0 aliphatic heterocycles. The Labute approximate surface area is 198 Å². The molecule has 0 aliphatic carbocycles. The van der Waals surface area contributed by atoms with Gasteiger partial charge in [0.2, 0.25) is 5.91 Å². The average Bonchev–Trinajstić information content (AvgIpc) is 3.27. The second-order valence-electron chi connectivity index (χ2n) is 7.46. The summed E-state index contributed by atoms with van der Waals surface area (Å²) in [5.74, 6) is 1.47. The van der Waals surface area contributed by atoms with Crippen LogP contribution in [-0.4, -0.2) is 25.9 Å². The number of ether oxygens (including phenoxy) is 1. The number of benzene rings is 3. The van der Waals surface area contributed by atoms with Gasteiger partial charge in [0.1, 0.15) is 12.4 Å². The Morgan fingerprint density at radius 2 is 1.64 bits per heavy atom. The quantitative estimate of drug-likeness (QED) is 0.328. The number of nitrogens with one attached hydrogen (secondary N) is 1. The molecule has 0 aliphatic rings. The molecule has 0 radical (unpaired) electrons. The van der Waals surface area contributed by atoms with E-state index in [-0.39, 0.29) is 11.2 Å². The van der Waals surface area contributed by atoms with Crippen LogP contribution < -0.4 is 10.1 Å². The SMILES string of the molecule is CCn1c(SC(C)C(=O)Nc2ccc(OCc3ccccc3)cc2)nnc1-c1ccccc1. The lowest BCUT2D eigenvalue weighted by Gasteiger charge is -2.13. The van der Waals surface area contributed by atoms with Gasteiger partial charge in [-0.25, -0.2) is 0 Å². The molecule has 0 spiro atoms. The summed E-state index contributed by atoms with van der Waals surface area (Å²) >= 11 is 1.40. The lowest BCUT2D eigenvalue weighted by molar-refractivity contribution is -0.115. The molecule has 4 aromatic rings. The van der Waals surface area contributed by atoms with E-state index >= 15 is 0 Å². The normalized spacial score (nSPS) is 11.7. The Balaban J connectivity index is 1.35. The first-order valence-electron chi connectivity index (χ1n) is 10.9. The van der Waals surface area contributed by atoms with E-state index < -0.39 is 0 Å². The Morgan fingerprint density at radius 3 is 2.30 bits per heavy atom. The Hall–Kier alpha value is -3.58. The molecule has 0 bridgehead atoms. The average molecular weight is 459 g/mol. The van der Waals surface area contributed by atoms with Crippen molar-refractivity contribution in [2.24, 2.45) is 0 Å². The lowest BCUT2D eigenvalue weighted by Crippen LogP contribution is -2.22. The Morgan fingerprint density at radius 1 is 0.970 bits per heavy atom. The molecule has 4 rings (SSSR count). The van der Waals surface area contributed by atoms with E-state index in [0.717, 1.165) is 40.1 Å². The summed E-state index contributed by atoms with van der Waals surface area (Å²) in [6.07, 6.45) is 0. The summed E-state index contributed by atoms with van der Waals surface area (Å²) in [5, 5.41) is 12.0. The second-order valence-corrected chi connectivity index (χ2v) is 8.77. The number of amides is 1. The number of hydrogen-bond acceptors (Lipinski definition) is 5. The fourth-order valence-electron chi connectivity index (χ4n) is 3.29. The van der Waals surface area contributed by atoms with Crippen molar-refractivity contribution >= 4 is 23.4 Å². The largest absolute Gasteiger partial charge is 0.489 e. The van der Waals surface area contributed by atoms with Crippen molar-refractivity contribution in [1.82, 2.24) is 14.8 Å². The van der Waals surface area contributed by atoms with Gasteiger partial charge >= 0.3 is 0 Å². The molecule has 1 atom stereocenters. The molecule has 0 saturated carbocycles. The van der Waals surface area contributed by atoms with Crippen LogP contribution in [0.5, 0.6) is 5.75 Å². The number of thioether (sulfide) groups is 1. The summed E-state index contributed by atoms with van der Waals surface area (Å²) in [7, 11) is 0. The number of nitrogens with zero attached hydrogens (tertiary/aromatic N) is 3. The molecule has 0 fully saturated rings. The molecule has 1 amide bonds. The molecule has 168 valence electrons. The molecular weight excluding hydrogens is 432 g/mol. The predicted molar refractivity (Wildman–Crippen MR) is 132 cm³/mol. The van der Waals surface area contributed by atoms with Gasteiger partial charge < -0.3 is 14.6 Å². The molecule has 6 nitrogen and oxygen atoms in total. The predicted octanol–water partition coefficient (Wildman–Crippen LogP) is 5.66. The van der Waals surface area contributed by atoms with E-state index in [4.69, 9.17) is 4.74 Å². The van der Waals surface area contributed by atoms with Gasteiger partial charge in [0.25, 0.3) is 0 Å². The van der Waals surface area contributed by atoms with E-state index in [1.807, 2.05) is 103 Å². The minimum absolute atomic E-state index is 0.0927. The highest BCUT2D eigenvalue weighted by atomic mass is 32.2. The van der Waals surface area contributed by atoms with Gasteiger partial charge in [-0.1, -0.05) is 72.4 Å². The van der Waals surface area contributed by atoms with Gasteiger partial charge in [-0.3, -0.25) is 4.79 Å². The number of rotatable bonds is 9. The highest BCUT2D eigenvalue weighted by Gasteiger charge is 2.20. The zero-order valence-corrected chi connectivity index (χ0v) is 19.5. The molecule has 1 unspecified atom stereocenters. The molecule has 0 saturated heterocycles. The minimum atomic E-state index is -0.336. The van der Waals surface area contributed by atoms with Crippen LogP contribution in [0.15, 0.2) is 90.1 Å². The van der Waals surface area contributed by atoms with Crippen molar-refractivity contribution in [3.63, 3.8) is 0 Å². The molecule has 1 N–H and O–H groups in total. The molecule has 1 heterocycles. The Kier molecular flexibility index (Phi) is 7.42. The summed E-state index contributed by atoms with van der Waals surface area (Å²) in [6, 6.07) is 27.4. The van der Waals surface area contributed by atoms with E-state index in [9.17, 15) is 4.79 Å². The van der Waals surface area contributed by atoms with Gasteiger partial charge in [0, 0.05) is 17.8 Å². The van der Waals surface area contributed by atoms with Crippen LogP contribution in [0.25, 0.3) is 11.4 Å². The van der Waals surface area contributed by atoms with Crippen LogP contribution in [0, 0.1) is 0 Å². The van der Waals surface area contributed by atoms with Crippen LogP contribution in [0.2, 0.25) is 0 Å². The van der Waals surface area contributed by atoms with Gasteiger partial charge in [0.05, 0.1) is 5.25 Å². The zero-order chi connectivity index (χ0) is 23.0. The topological polar surface area (TPSA) is 69.0 Å². The number of anilines is 1. The van der Waals surface area contributed by atoms with Crippen LogP contribution in [0.3, 0.4) is 0 Å². The van der Waals surface area contributed by atoms with E-state index in [0.29, 0.717) is 6.61 Å². The third-order valence-corrected chi connectivity index (χ3v) is 6.17. The molecule has 33 heavy (non-hydrogen) atoms. The maximum absolute atomic E-state index is 12.8. The summed E-state index contributed by atoms with van der Waals surface area (Å²) < 4.78 is 7.84. The first-order valence-corrected chi connectivity index (χ1v) is 11.7. The first kappa shape index (κ1) is 22.6. The van der Waals surface area contributed by atoms with Crippen LogP contribution >= 0.6 is 11.8 Å². The molecule has 1 aromatic heterocycles. The maximum atomic E-state index is 12.8. The number of carbonyl (C=O) groups is 1. The van der Waals surface area contributed by atoms with Gasteiger partial charge in [-0.2, -0.15) is 0 Å². The zero-order valence-electron chi connectivity index (χ0n) is 18.6. The van der Waals surface area contributed by atoms with Gasteiger partial charge in [-0.15, -0.1) is 10.2 Å². The Bertz CT molecular complexity index is 1180. The second kappa shape index (κ2) is 10.8. The standard InChI is InChI=1S/C26H26N4O2S/c1-3-30-24(21-12-8-5-9-13-21)28-29-26(30)33-19(2)25(31)27-22-14-16-23(17-15-22)32-18-20-10-6-4-7-11-20/h4-17,19H,3,18H2,1-2H3,(H,27,31). The van der Waals surface area contributed by atoms with Crippen molar-refractivity contribution < 1.29 is 9.53 Å². The van der Waals surface area contributed by atoms with E-state index in [1.165, 1.54) is 11.8 Å². The third kappa shape index (κ3) is 5.81.